The zero-order valence-electron chi connectivity index (χ0n) is 10.2. The van der Waals surface area contributed by atoms with Crippen LogP contribution in [0, 0.1) is 18.8 Å². The SMILES string of the molecule is Cc1cc(N(CC2CC2)CC2CC2)nc(Cl)n1. The van der Waals surface area contributed by atoms with E-state index in [1.807, 2.05) is 6.92 Å². The fourth-order valence-electron chi connectivity index (χ4n) is 2.16. The van der Waals surface area contributed by atoms with Gasteiger partial charge in [-0.3, -0.25) is 0 Å². The molecule has 2 aliphatic carbocycles. The first-order valence-electron chi connectivity index (χ1n) is 6.47. The van der Waals surface area contributed by atoms with Crippen molar-refractivity contribution in [2.75, 3.05) is 18.0 Å². The summed E-state index contributed by atoms with van der Waals surface area (Å²) in [7, 11) is 0. The number of aryl methyl sites for hydroxylation is 1. The number of rotatable bonds is 5. The zero-order valence-corrected chi connectivity index (χ0v) is 11.0. The highest BCUT2D eigenvalue weighted by Gasteiger charge is 2.30. The van der Waals surface area contributed by atoms with E-state index in [1.165, 1.54) is 25.7 Å². The zero-order chi connectivity index (χ0) is 11.8. The maximum atomic E-state index is 5.95. The average Bonchev–Trinajstić information content (AvgIpc) is 3.09. The number of nitrogens with zero attached hydrogens (tertiary/aromatic N) is 3. The van der Waals surface area contributed by atoms with Crippen LogP contribution in [0.15, 0.2) is 6.07 Å². The van der Waals surface area contributed by atoms with E-state index >= 15 is 0 Å². The summed E-state index contributed by atoms with van der Waals surface area (Å²) in [4.78, 5) is 10.9. The van der Waals surface area contributed by atoms with E-state index < -0.39 is 0 Å². The molecule has 0 amide bonds. The van der Waals surface area contributed by atoms with Gasteiger partial charge >= 0.3 is 0 Å². The van der Waals surface area contributed by atoms with Crippen molar-refractivity contribution in [3.63, 3.8) is 0 Å². The van der Waals surface area contributed by atoms with Gasteiger partial charge in [-0.1, -0.05) is 0 Å². The Balaban J connectivity index is 1.78. The van der Waals surface area contributed by atoms with Crippen LogP contribution < -0.4 is 4.90 Å². The van der Waals surface area contributed by atoms with Gasteiger partial charge in [-0.05, 0) is 56.0 Å². The summed E-state index contributed by atoms with van der Waals surface area (Å²) in [6.07, 6.45) is 5.50. The first-order chi connectivity index (χ1) is 8.20. The van der Waals surface area contributed by atoms with Crippen LogP contribution in [-0.4, -0.2) is 23.1 Å². The molecule has 0 bridgehead atoms. The smallest absolute Gasteiger partial charge is 0.224 e. The Kier molecular flexibility index (Phi) is 2.95. The summed E-state index contributed by atoms with van der Waals surface area (Å²) < 4.78 is 0. The molecule has 1 heterocycles. The second kappa shape index (κ2) is 4.45. The molecule has 3 nitrogen and oxygen atoms in total. The van der Waals surface area contributed by atoms with E-state index in [4.69, 9.17) is 11.6 Å². The fourth-order valence-corrected chi connectivity index (χ4v) is 2.38. The largest absolute Gasteiger partial charge is 0.356 e. The van der Waals surface area contributed by atoms with Crippen LogP contribution in [-0.2, 0) is 0 Å². The standard InChI is InChI=1S/C13H18ClN3/c1-9-6-12(16-13(14)15-9)17(7-10-2-3-10)8-11-4-5-11/h6,10-11H,2-5,7-8H2,1H3. The number of hydrogen-bond donors (Lipinski definition) is 0. The number of halogens is 1. The molecule has 0 aromatic carbocycles. The van der Waals surface area contributed by atoms with E-state index in [1.54, 1.807) is 0 Å². The van der Waals surface area contributed by atoms with Crippen molar-refractivity contribution in [3.05, 3.63) is 17.0 Å². The Morgan fingerprint density at radius 2 is 1.76 bits per heavy atom. The molecule has 0 aliphatic heterocycles. The van der Waals surface area contributed by atoms with Crippen molar-refractivity contribution < 1.29 is 0 Å². The van der Waals surface area contributed by atoms with Crippen LogP contribution in [0.4, 0.5) is 5.82 Å². The van der Waals surface area contributed by atoms with Crippen LogP contribution >= 0.6 is 11.6 Å². The molecule has 2 saturated carbocycles. The summed E-state index contributed by atoms with van der Waals surface area (Å²) >= 11 is 5.95. The van der Waals surface area contributed by atoms with Gasteiger partial charge in [0.05, 0.1) is 0 Å². The molecule has 1 aromatic rings. The van der Waals surface area contributed by atoms with E-state index in [-0.39, 0.29) is 0 Å². The monoisotopic (exact) mass is 251 g/mol. The Labute approximate surface area is 107 Å². The van der Waals surface area contributed by atoms with Crippen molar-refractivity contribution in [2.24, 2.45) is 11.8 Å². The van der Waals surface area contributed by atoms with Crippen molar-refractivity contribution in [1.29, 1.82) is 0 Å². The number of hydrogen-bond acceptors (Lipinski definition) is 3. The predicted octanol–water partition coefficient (Wildman–Crippen LogP) is 3.06. The molecule has 0 N–H and O–H groups in total. The van der Waals surface area contributed by atoms with Crippen LogP contribution in [0.5, 0.6) is 0 Å². The van der Waals surface area contributed by atoms with Crippen LogP contribution in [0.2, 0.25) is 5.28 Å². The molecule has 0 saturated heterocycles. The first-order valence-corrected chi connectivity index (χ1v) is 6.84. The maximum absolute atomic E-state index is 5.95. The molecule has 0 atom stereocenters. The van der Waals surface area contributed by atoms with E-state index in [0.717, 1.165) is 36.4 Å². The van der Waals surface area contributed by atoms with E-state index in [9.17, 15) is 0 Å². The molecular formula is C13H18ClN3. The minimum Gasteiger partial charge on any atom is -0.356 e. The predicted molar refractivity (Wildman–Crippen MR) is 69.4 cm³/mol. The maximum Gasteiger partial charge on any atom is 0.224 e. The highest BCUT2D eigenvalue weighted by Crippen LogP contribution is 2.35. The lowest BCUT2D eigenvalue weighted by atomic mass is 10.3. The van der Waals surface area contributed by atoms with Gasteiger partial charge in [-0.25, -0.2) is 9.97 Å². The van der Waals surface area contributed by atoms with Gasteiger partial charge in [0.15, 0.2) is 0 Å². The molecule has 17 heavy (non-hydrogen) atoms. The Morgan fingerprint density at radius 1 is 1.18 bits per heavy atom. The molecule has 2 aliphatic rings. The topological polar surface area (TPSA) is 29.0 Å². The van der Waals surface area contributed by atoms with Gasteiger partial charge in [-0.2, -0.15) is 0 Å². The molecule has 0 spiro atoms. The van der Waals surface area contributed by atoms with Crippen LogP contribution in [0.25, 0.3) is 0 Å². The normalized spacial score (nSPS) is 19.4. The third-order valence-corrected chi connectivity index (χ3v) is 3.66. The van der Waals surface area contributed by atoms with Crippen LogP contribution in [0.3, 0.4) is 0 Å². The van der Waals surface area contributed by atoms with Gasteiger partial charge in [0.2, 0.25) is 5.28 Å². The van der Waals surface area contributed by atoms with Crippen LogP contribution in [0.1, 0.15) is 31.4 Å². The summed E-state index contributed by atoms with van der Waals surface area (Å²) in [5.41, 5.74) is 0.955. The van der Waals surface area contributed by atoms with Gasteiger partial charge in [0.1, 0.15) is 5.82 Å². The fraction of sp³-hybridized carbons (Fsp3) is 0.692. The molecule has 3 rings (SSSR count). The Morgan fingerprint density at radius 3 is 2.24 bits per heavy atom. The molecular weight excluding hydrogens is 234 g/mol. The van der Waals surface area contributed by atoms with E-state index in [0.29, 0.717) is 5.28 Å². The Bertz CT molecular complexity index is 379. The Hall–Kier alpha value is -0.830. The van der Waals surface area contributed by atoms with Gasteiger partial charge in [-0.15, -0.1) is 0 Å². The van der Waals surface area contributed by atoms with E-state index in [2.05, 4.69) is 20.9 Å². The summed E-state index contributed by atoms with van der Waals surface area (Å²) in [5.74, 6) is 2.77. The highest BCUT2D eigenvalue weighted by molar-refractivity contribution is 6.28. The van der Waals surface area contributed by atoms with Gasteiger partial charge in [0.25, 0.3) is 0 Å². The van der Waals surface area contributed by atoms with Crippen molar-refractivity contribution >= 4 is 17.4 Å². The third kappa shape index (κ3) is 3.09. The lowest BCUT2D eigenvalue weighted by Gasteiger charge is -2.23. The second-order valence-electron chi connectivity index (χ2n) is 5.43. The lowest BCUT2D eigenvalue weighted by Crippen LogP contribution is -2.29. The summed E-state index contributed by atoms with van der Waals surface area (Å²) in [6, 6.07) is 2.05. The lowest BCUT2D eigenvalue weighted by molar-refractivity contribution is 0.670. The minimum atomic E-state index is 0.372. The van der Waals surface area contributed by atoms with Crippen molar-refractivity contribution in [3.8, 4) is 0 Å². The molecule has 0 unspecified atom stereocenters. The number of anilines is 1. The molecule has 4 heteroatoms. The van der Waals surface area contributed by atoms with Gasteiger partial charge < -0.3 is 4.90 Å². The quantitative estimate of drug-likeness (QED) is 0.754. The summed E-state index contributed by atoms with van der Waals surface area (Å²) in [5, 5.41) is 0.372. The molecule has 0 radical (unpaired) electrons. The average molecular weight is 252 g/mol. The molecule has 1 aromatic heterocycles. The molecule has 92 valence electrons. The number of aromatic nitrogens is 2. The summed E-state index contributed by atoms with van der Waals surface area (Å²) in [6.45, 7) is 4.26. The third-order valence-electron chi connectivity index (χ3n) is 3.49. The minimum absolute atomic E-state index is 0.372. The van der Waals surface area contributed by atoms with Crippen molar-refractivity contribution in [2.45, 2.75) is 32.6 Å². The van der Waals surface area contributed by atoms with Gasteiger partial charge in [0, 0.05) is 24.8 Å². The first kappa shape index (κ1) is 11.3. The second-order valence-corrected chi connectivity index (χ2v) is 5.77. The highest BCUT2D eigenvalue weighted by atomic mass is 35.5. The van der Waals surface area contributed by atoms with Crippen molar-refractivity contribution in [1.82, 2.24) is 9.97 Å². The molecule has 2 fully saturated rings.